The summed E-state index contributed by atoms with van der Waals surface area (Å²) in [6, 6.07) is 10.9. The summed E-state index contributed by atoms with van der Waals surface area (Å²) in [7, 11) is 1.41. The average molecular weight is 336 g/mol. The number of anilines is 1. The van der Waals surface area contributed by atoms with Crippen LogP contribution < -0.4 is 10.1 Å². The topological polar surface area (TPSA) is 78.8 Å². The van der Waals surface area contributed by atoms with Crippen molar-refractivity contribution in [2.45, 2.75) is 18.9 Å². The summed E-state index contributed by atoms with van der Waals surface area (Å²) in [6.07, 6.45) is 0.175. The van der Waals surface area contributed by atoms with Gasteiger partial charge in [-0.2, -0.15) is 0 Å². The Morgan fingerprint density at radius 2 is 2.04 bits per heavy atom. The molecular weight excluding hydrogens is 318 g/mol. The van der Waals surface area contributed by atoms with E-state index in [1.54, 1.807) is 31.2 Å². The number of carbonyl (C=O) groups excluding carboxylic acids is 1. The van der Waals surface area contributed by atoms with Crippen molar-refractivity contribution in [3.05, 3.63) is 53.1 Å². The van der Waals surface area contributed by atoms with E-state index in [2.05, 4.69) is 5.32 Å². The van der Waals surface area contributed by atoms with Gasteiger partial charge in [-0.15, -0.1) is 0 Å². The van der Waals surface area contributed by atoms with Crippen LogP contribution in [0.3, 0.4) is 0 Å². The molecule has 2 aromatic rings. The minimum Gasteiger partial charge on any atom is -0.504 e. The summed E-state index contributed by atoms with van der Waals surface area (Å²) >= 11 is 5.94. The first kappa shape index (κ1) is 17.1. The SMILES string of the molecule is CC[C@](O)(C(=O)Nc1ccc(O)c(OC)c1)c1cccc(Cl)c1. The number of aromatic hydroxyl groups is 1. The Hall–Kier alpha value is -2.24. The van der Waals surface area contributed by atoms with Crippen LogP contribution in [0.5, 0.6) is 11.5 Å². The molecule has 0 fully saturated rings. The molecule has 0 saturated carbocycles. The minimum absolute atomic E-state index is 0.0360. The predicted molar refractivity (Wildman–Crippen MR) is 88.9 cm³/mol. The number of phenolic OH excluding ortho intramolecular Hbond substituents is 1. The monoisotopic (exact) mass is 335 g/mol. The second-order valence-corrected chi connectivity index (χ2v) is 5.50. The lowest BCUT2D eigenvalue weighted by Crippen LogP contribution is -2.39. The van der Waals surface area contributed by atoms with E-state index in [0.29, 0.717) is 16.3 Å². The molecule has 1 amide bonds. The number of carbonyl (C=O) groups is 1. The molecular formula is C17H18ClNO4. The van der Waals surface area contributed by atoms with Crippen LogP contribution in [0.15, 0.2) is 42.5 Å². The van der Waals surface area contributed by atoms with E-state index < -0.39 is 11.5 Å². The molecule has 0 radical (unpaired) electrons. The van der Waals surface area contributed by atoms with Gasteiger partial charge in [0, 0.05) is 16.8 Å². The van der Waals surface area contributed by atoms with E-state index in [1.165, 1.54) is 25.3 Å². The Morgan fingerprint density at radius 1 is 1.30 bits per heavy atom. The summed E-state index contributed by atoms with van der Waals surface area (Å²) < 4.78 is 5.00. The molecule has 0 aromatic heterocycles. The molecule has 0 aliphatic carbocycles. The number of nitrogens with one attached hydrogen (secondary N) is 1. The van der Waals surface area contributed by atoms with Crippen molar-refractivity contribution in [3.63, 3.8) is 0 Å². The molecule has 0 saturated heterocycles. The summed E-state index contributed by atoms with van der Waals surface area (Å²) in [6.45, 7) is 1.71. The summed E-state index contributed by atoms with van der Waals surface area (Å²) in [5.74, 6) is -0.397. The van der Waals surface area contributed by atoms with Gasteiger partial charge in [-0.25, -0.2) is 0 Å². The van der Waals surface area contributed by atoms with E-state index in [9.17, 15) is 15.0 Å². The maximum Gasteiger partial charge on any atom is 0.260 e. The third-order valence-electron chi connectivity index (χ3n) is 3.63. The number of amides is 1. The van der Waals surface area contributed by atoms with Crippen LogP contribution in [0.1, 0.15) is 18.9 Å². The van der Waals surface area contributed by atoms with Gasteiger partial charge in [0.1, 0.15) is 0 Å². The van der Waals surface area contributed by atoms with Crippen molar-refractivity contribution in [1.82, 2.24) is 0 Å². The highest BCUT2D eigenvalue weighted by Gasteiger charge is 2.36. The van der Waals surface area contributed by atoms with E-state index >= 15 is 0 Å². The first-order chi connectivity index (χ1) is 10.9. The van der Waals surface area contributed by atoms with E-state index in [-0.39, 0.29) is 17.9 Å². The van der Waals surface area contributed by atoms with E-state index in [0.717, 1.165) is 0 Å². The van der Waals surface area contributed by atoms with Crippen molar-refractivity contribution < 1.29 is 19.7 Å². The lowest BCUT2D eigenvalue weighted by Gasteiger charge is -2.26. The van der Waals surface area contributed by atoms with Crippen molar-refractivity contribution in [1.29, 1.82) is 0 Å². The average Bonchev–Trinajstić information content (AvgIpc) is 2.55. The molecule has 1 atom stereocenters. The Labute approximate surface area is 139 Å². The van der Waals surface area contributed by atoms with Gasteiger partial charge in [0.05, 0.1) is 7.11 Å². The maximum atomic E-state index is 12.6. The third-order valence-corrected chi connectivity index (χ3v) is 3.86. The molecule has 0 unspecified atom stereocenters. The fraction of sp³-hybridized carbons (Fsp3) is 0.235. The molecule has 0 spiro atoms. The number of benzene rings is 2. The lowest BCUT2D eigenvalue weighted by molar-refractivity contribution is -0.135. The summed E-state index contributed by atoms with van der Waals surface area (Å²) in [4.78, 5) is 12.6. The van der Waals surface area contributed by atoms with Crippen molar-refractivity contribution in [2.75, 3.05) is 12.4 Å². The number of methoxy groups -OCH3 is 1. The zero-order valence-corrected chi connectivity index (χ0v) is 13.6. The second-order valence-electron chi connectivity index (χ2n) is 5.06. The lowest BCUT2D eigenvalue weighted by atomic mass is 9.90. The van der Waals surface area contributed by atoms with Crippen LogP contribution in [-0.4, -0.2) is 23.2 Å². The zero-order chi connectivity index (χ0) is 17.0. The maximum absolute atomic E-state index is 12.6. The van der Waals surface area contributed by atoms with Crippen LogP contribution in [0, 0.1) is 0 Å². The standard InChI is InChI=1S/C17H18ClNO4/c1-3-17(22,11-5-4-6-12(18)9-11)16(21)19-13-7-8-14(20)15(10-13)23-2/h4-10,20,22H,3H2,1-2H3,(H,19,21)/t17-/m1/s1. The Morgan fingerprint density at radius 3 is 2.65 bits per heavy atom. The summed E-state index contributed by atoms with van der Waals surface area (Å²) in [5, 5.41) is 23.4. The molecule has 5 nitrogen and oxygen atoms in total. The number of rotatable bonds is 5. The molecule has 3 N–H and O–H groups in total. The highest BCUT2D eigenvalue weighted by molar-refractivity contribution is 6.30. The molecule has 2 aromatic carbocycles. The van der Waals surface area contributed by atoms with Gasteiger partial charge in [0.2, 0.25) is 0 Å². The first-order valence-corrected chi connectivity index (χ1v) is 7.45. The van der Waals surface area contributed by atoms with Crippen molar-refractivity contribution >= 4 is 23.2 Å². The van der Waals surface area contributed by atoms with Crippen LogP contribution in [0.2, 0.25) is 5.02 Å². The van der Waals surface area contributed by atoms with Crippen molar-refractivity contribution in [2.24, 2.45) is 0 Å². The number of hydrogen-bond donors (Lipinski definition) is 3. The van der Waals surface area contributed by atoms with Gasteiger partial charge in [-0.3, -0.25) is 4.79 Å². The fourth-order valence-corrected chi connectivity index (χ4v) is 2.42. The number of ether oxygens (including phenoxy) is 1. The minimum atomic E-state index is -1.71. The summed E-state index contributed by atoms with van der Waals surface area (Å²) in [5.41, 5.74) is -0.898. The normalized spacial score (nSPS) is 13.2. The molecule has 23 heavy (non-hydrogen) atoms. The smallest absolute Gasteiger partial charge is 0.260 e. The van der Waals surface area contributed by atoms with Gasteiger partial charge >= 0.3 is 0 Å². The number of hydrogen-bond acceptors (Lipinski definition) is 4. The number of aliphatic hydroxyl groups is 1. The molecule has 2 rings (SSSR count). The first-order valence-electron chi connectivity index (χ1n) is 7.07. The van der Waals surface area contributed by atoms with Gasteiger partial charge in [0.15, 0.2) is 17.1 Å². The Balaban J connectivity index is 2.30. The predicted octanol–water partition coefficient (Wildman–Crippen LogP) is 3.29. The molecule has 0 bridgehead atoms. The van der Waals surface area contributed by atoms with Gasteiger partial charge in [-0.1, -0.05) is 30.7 Å². The van der Waals surface area contributed by atoms with Crippen LogP contribution in [0.25, 0.3) is 0 Å². The largest absolute Gasteiger partial charge is 0.504 e. The van der Waals surface area contributed by atoms with Gasteiger partial charge in [-0.05, 0) is 36.2 Å². The highest BCUT2D eigenvalue weighted by Crippen LogP contribution is 2.31. The Kier molecular flexibility index (Phi) is 5.13. The van der Waals surface area contributed by atoms with Gasteiger partial charge in [0.25, 0.3) is 5.91 Å². The highest BCUT2D eigenvalue weighted by atomic mass is 35.5. The second kappa shape index (κ2) is 6.89. The molecule has 6 heteroatoms. The molecule has 0 heterocycles. The van der Waals surface area contributed by atoms with Crippen LogP contribution in [-0.2, 0) is 10.4 Å². The molecule has 122 valence electrons. The third kappa shape index (κ3) is 3.57. The Bertz CT molecular complexity index is 719. The van der Waals surface area contributed by atoms with Crippen LogP contribution >= 0.6 is 11.6 Å². The quantitative estimate of drug-likeness (QED) is 0.733. The zero-order valence-electron chi connectivity index (χ0n) is 12.8. The number of phenols is 1. The van der Waals surface area contributed by atoms with Crippen molar-refractivity contribution in [3.8, 4) is 11.5 Å². The molecule has 0 aliphatic heterocycles. The van der Waals surface area contributed by atoms with Crippen LogP contribution in [0.4, 0.5) is 5.69 Å². The fourth-order valence-electron chi connectivity index (χ4n) is 2.23. The molecule has 0 aliphatic rings. The van der Waals surface area contributed by atoms with E-state index in [1.807, 2.05) is 0 Å². The van der Waals surface area contributed by atoms with E-state index in [4.69, 9.17) is 16.3 Å². The van der Waals surface area contributed by atoms with Gasteiger partial charge < -0.3 is 20.3 Å². The number of halogens is 1.